The number of rotatable bonds is 10. The maximum atomic E-state index is 11.7. The number of ether oxygens (including phenoxy) is 1. The van der Waals surface area contributed by atoms with Gasteiger partial charge in [-0.15, -0.1) is 0 Å². The molecule has 0 aliphatic heterocycles. The summed E-state index contributed by atoms with van der Waals surface area (Å²) in [6.45, 7) is 7.31. The van der Waals surface area contributed by atoms with E-state index in [1.807, 2.05) is 13.8 Å². The second kappa shape index (κ2) is 12.2. The molecule has 0 aromatic carbocycles. The van der Waals surface area contributed by atoms with Crippen LogP contribution in [0.15, 0.2) is 0 Å². The van der Waals surface area contributed by atoms with E-state index in [0.29, 0.717) is 0 Å². The minimum absolute atomic E-state index is 0.00331. The molecule has 0 aromatic heterocycles. The molecule has 0 fully saturated rings. The minimum atomic E-state index is -4.12. The van der Waals surface area contributed by atoms with Gasteiger partial charge >= 0.3 is 0 Å². The molecule has 4 N–H and O–H groups in total. The molecule has 9 nitrogen and oxygen atoms in total. The summed E-state index contributed by atoms with van der Waals surface area (Å²) in [6, 6.07) is 0. The normalized spacial score (nSPS) is 12.6. The van der Waals surface area contributed by atoms with Gasteiger partial charge in [0.25, 0.3) is 10.1 Å². The standard InChI is InChI=1S/C12H24N2O7S.C2H6/c1-12(2,8-21-3)10(16)11(17)14-5-4-9(15)13-6-7-22(18,19)20;1-2/h10,16H,4-8H2,1-3H3,(H,13,15)(H,14,17)(H,18,19,20);1-2H3/t10-;/m0./s1. The summed E-state index contributed by atoms with van der Waals surface area (Å²) in [5.74, 6) is -1.67. The van der Waals surface area contributed by atoms with Gasteiger partial charge in [0.2, 0.25) is 11.8 Å². The van der Waals surface area contributed by atoms with Gasteiger partial charge in [0, 0.05) is 32.0 Å². The highest BCUT2D eigenvalue weighted by molar-refractivity contribution is 7.85. The summed E-state index contributed by atoms with van der Waals surface area (Å²) >= 11 is 0. The van der Waals surface area contributed by atoms with Crippen LogP contribution in [0.4, 0.5) is 0 Å². The fourth-order valence-corrected chi connectivity index (χ4v) is 1.97. The van der Waals surface area contributed by atoms with Crippen molar-refractivity contribution in [1.29, 1.82) is 0 Å². The average molecular weight is 370 g/mol. The van der Waals surface area contributed by atoms with E-state index >= 15 is 0 Å². The first-order valence-corrected chi connectivity index (χ1v) is 9.27. The fraction of sp³-hybridized carbons (Fsp3) is 0.857. The Balaban J connectivity index is 0. The summed E-state index contributed by atoms with van der Waals surface area (Å²) in [7, 11) is -2.65. The Labute approximate surface area is 143 Å². The third-order valence-corrected chi connectivity index (χ3v) is 3.56. The first kappa shape index (κ1) is 25.0. The summed E-state index contributed by atoms with van der Waals surface area (Å²) in [5, 5.41) is 14.6. The van der Waals surface area contributed by atoms with E-state index in [9.17, 15) is 23.1 Å². The van der Waals surface area contributed by atoms with Gasteiger partial charge in [0.15, 0.2) is 0 Å². The molecule has 0 unspecified atom stereocenters. The molecule has 0 aromatic rings. The van der Waals surface area contributed by atoms with E-state index in [2.05, 4.69) is 10.6 Å². The lowest BCUT2D eigenvalue weighted by Gasteiger charge is -2.28. The number of hydrogen-bond acceptors (Lipinski definition) is 6. The SMILES string of the molecule is CC.COCC(C)(C)[C@@H](O)C(=O)NCCC(=O)NCCS(=O)(=O)O. The van der Waals surface area contributed by atoms with Gasteiger partial charge in [-0.25, -0.2) is 0 Å². The monoisotopic (exact) mass is 370 g/mol. The molecule has 24 heavy (non-hydrogen) atoms. The first-order chi connectivity index (χ1) is 11.0. The van der Waals surface area contributed by atoms with Crippen LogP contribution in [-0.2, 0) is 24.4 Å². The largest absolute Gasteiger partial charge is 0.384 e. The molecule has 0 saturated heterocycles. The van der Waals surface area contributed by atoms with Crippen molar-refractivity contribution in [1.82, 2.24) is 10.6 Å². The number of aliphatic hydroxyl groups is 1. The topological polar surface area (TPSA) is 142 Å². The number of hydrogen-bond donors (Lipinski definition) is 4. The van der Waals surface area contributed by atoms with Crippen LogP contribution in [0, 0.1) is 5.41 Å². The second-order valence-electron chi connectivity index (χ2n) is 5.50. The number of carbonyl (C=O) groups is 2. The molecule has 2 amide bonds. The molecule has 144 valence electrons. The van der Waals surface area contributed by atoms with Crippen LogP contribution in [0.1, 0.15) is 34.1 Å². The molecule has 0 aliphatic carbocycles. The first-order valence-electron chi connectivity index (χ1n) is 7.66. The van der Waals surface area contributed by atoms with Crippen LogP contribution in [0.5, 0.6) is 0 Å². The van der Waals surface area contributed by atoms with Crippen LogP contribution < -0.4 is 10.6 Å². The van der Waals surface area contributed by atoms with E-state index in [4.69, 9.17) is 9.29 Å². The maximum absolute atomic E-state index is 11.7. The number of aliphatic hydroxyl groups excluding tert-OH is 1. The van der Waals surface area contributed by atoms with E-state index in [1.165, 1.54) is 7.11 Å². The summed E-state index contributed by atoms with van der Waals surface area (Å²) in [6.07, 6.45) is -1.36. The Hall–Kier alpha value is -1.23. The van der Waals surface area contributed by atoms with Gasteiger partial charge in [-0.05, 0) is 0 Å². The van der Waals surface area contributed by atoms with Gasteiger partial charge in [0.05, 0.1) is 12.4 Å². The molecule has 0 spiro atoms. The average Bonchev–Trinajstić information content (AvgIpc) is 2.47. The Bertz CT molecular complexity index is 478. The Kier molecular flexibility index (Phi) is 12.7. The predicted molar refractivity (Wildman–Crippen MR) is 90.1 cm³/mol. The van der Waals surface area contributed by atoms with Crippen molar-refractivity contribution in [3.63, 3.8) is 0 Å². The number of nitrogens with one attached hydrogen (secondary N) is 2. The third-order valence-electron chi connectivity index (χ3n) is 2.84. The lowest BCUT2D eigenvalue weighted by atomic mass is 9.87. The Morgan fingerprint density at radius 3 is 2.17 bits per heavy atom. The van der Waals surface area contributed by atoms with E-state index in [0.717, 1.165) is 0 Å². The molecule has 0 rings (SSSR count). The lowest BCUT2D eigenvalue weighted by Crippen LogP contribution is -2.46. The van der Waals surface area contributed by atoms with Crippen LogP contribution >= 0.6 is 0 Å². The molecular weight excluding hydrogens is 340 g/mol. The highest BCUT2D eigenvalue weighted by atomic mass is 32.2. The maximum Gasteiger partial charge on any atom is 0.266 e. The molecule has 0 radical (unpaired) electrons. The molecule has 0 aliphatic rings. The number of carbonyl (C=O) groups excluding carboxylic acids is 2. The van der Waals surface area contributed by atoms with Gasteiger partial charge in [-0.2, -0.15) is 8.42 Å². The highest BCUT2D eigenvalue weighted by Gasteiger charge is 2.33. The van der Waals surface area contributed by atoms with Gasteiger partial charge in [-0.1, -0.05) is 27.7 Å². The highest BCUT2D eigenvalue weighted by Crippen LogP contribution is 2.20. The van der Waals surface area contributed by atoms with E-state index in [1.54, 1.807) is 13.8 Å². The quantitative estimate of drug-likeness (QED) is 0.382. The van der Waals surface area contributed by atoms with Crippen molar-refractivity contribution < 1.29 is 32.4 Å². The zero-order valence-corrected chi connectivity index (χ0v) is 15.8. The van der Waals surface area contributed by atoms with Gasteiger partial charge in [-0.3, -0.25) is 14.1 Å². The molecule has 0 saturated carbocycles. The van der Waals surface area contributed by atoms with Crippen molar-refractivity contribution in [3.05, 3.63) is 0 Å². The van der Waals surface area contributed by atoms with Gasteiger partial charge < -0.3 is 20.5 Å². The molecular formula is C14H30N2O7S. The van der Waals surface area contributed by atoms with E-state index in [-0.39, 0.29) is 26.1 Å². The van der Waals surface area contributed by atoms with Crippen LogP contribution in [-0.4, -0.2) is 68.6 Å². The molecule has 0 bridgehead atoms. The zero-order valence-electron chi connectivity index (χ0n) is 15.0. The summed E-state index contributed by atoms with van der Waals surface area (Å²) in [4.78, 5) is 23.1. The number of amides is 2. The van der Waals surface area contributed by atoms with Crippen molar-refractivity contribution >= 4 is 21.9 Å². The predicted octanol–water partition coefficient (Wildman–Crippen LogP) is -0.444. The Morgan fingerprint density at radius 1 is 1.17 bits per heavy atom. The van der Waals surface area contributed by atoms with Crippen LogP contribution in [0.25, 0.3) is 0 Å². The fourth-order valence-electron chi connectivity index (χ4n) is 1.61. The van der Waals surface area contributed by atoms with E-state index < -0.39 is 39.2 Å². The van der Waals surface area contributed by atoms with Crippen molar-refractivity contribution in [2.75, 3.05) is 32.6 Å². The molecule has 1 atom stereocenters. The van der Waals surface area contributed by atoms with Crippen molar-refractivity contribution in [2.24, 2.45) is 5.41 Å². The van der Waals surface area contributed by atoms with Gasteiger partial charge in [0.1, 0.15) is 6.10 Å². The van der Waals surface area contributed by atoms with Crippen LogP contribution in [0.2, 0.25) is 0 Å². The summed E-state index contributed by atoms with van der Waals surface area (Å²) < 4.78 is 34.3. The summed E-state index contributed by atoms with van der Waals surface area (Å²) in [5.41, 5.74) is -0.767. The molecule has 0 heterocycles. The van der Waals surface area contributed by atoms with Crippen LogP contribution in [0.3, 0.4) is 0 Å². The lowest BCUT2D eigenvalue weighted by molar-refractivity contribution is -0.137. The number of methoxy groups -OCH3 is 1. The zero-order chi connectivity index (χ0) is 19.4. The minimum Gasteiger partial charge on any atom is -0.384 e. The van der Waals surface area contributed by atoms with Crippen molar-refractivity contribution in [3.8, 4) is 0 Å². The third kappa shape index (κ3) is 12.2. The second-order valence-corrected chi connectivity index (χ2v) is 7.07. The smallest absolute Gasteiger partial charge is 0.266 e. The van der Waals surface area contributed by atoms with Crippen molar-refractivity contribution in [2.45, 2.75) is 40.2 Å². The molecule has 10 heteroatoms. The Morgan fingerprint density at radius 2 is 1.71 bits per heavy atom.